The summed E-state index contributed by atoms with van der Waals surface area (Å²) >= 11 is 0. The van der Waals surface area contributed by atoms with Gasteiger partial charge in [-0.05, 0) is 29.9 Å². The molecule has 2 heteroatoms. The van der Waals surface area contributed by atoms with Crippen molar-refractivity contribution in [3.8, 4) is 6.07 Å². The molecule has 1 saturated carbocycles. The monoisotopic (exact) mass is 173 g/mol. The van der Waals surface area contributed by atoms with Gasteiger partial charge in [-0.2, -0.15) is 5.26 Å². The lowest BCUT2D eigenvalue weighted by atomic mass is 10.0. The molecule has 0 aromatic heterocycles. The predicted molar refractivity (Wildman–Crippen MR) is 49.0 cm³/mol. The van der Waals surface area contributed by atoms with Crippen molar-refractivity contribution in [1.29, 1.82) is 5.26 Å². The van der Waals surface area contributed by atoms with Crippen LogP contribution in [0.1, 0.15) is 36.0 Å². The highest BCUT2D eigenvalue weighted by Gasteiger charge is 2.23. The van der Waals surface area contributed by atoms with Crippen LogP contribution in [-0.4, -0.2) is 5.11 Å². The van der Waals surface area contributed by atoms with Crippen molar-refractivity contribution in [2.45, 2.75) is 24.9 Å². The quantitative estimate of drug-likeness (QED) is 0.696. The zero-order chi connectivity index (χ0) is 9.26. The first kappa shape index (κ1) is 8.28. The van der Waals surface area contributed by atoms with Crippen LogP contribution in [0.15, 0.2) is 24.3 Å². The van der Waals surface area contributed by atoms with Gasteiger partial charge >= 0.3 is 0 Å². The Labute approximate surface area is 77.4 Å². The van der Waals surface area contributed by atoms with Crippen molar-refractivity contribution in [3.05, 3.63) is 35.4 Å². The van der Waals surface area contributed by atoms with E-state index >= 15 is 0 Å². The average molecular weight is 173 g/mol. The molecule has 1 aliphatic carbocycles. The van der Waals surface area contributed by atoms with Gasteiger partial charge < -0.3 is 5.11 Å². The van der Waals surface area contributed by atoms with E-state index in [-0.39, 0.29) is 0 Å². The summed E-state index contributed by atoms with van der Waals surface area (Å²) in [5, 5.41) is 17.8. The molecule has 0 saturated heterocycles. The van der Waals surface area contributed by atoms with Gasteiger partial charge in [-0.3, -0.25) is 0 Å². The second-order valence-electron chi connectivity index (χ2n) is 3.48. The van der Waals surface area contributed by atoms with Crippen LogP contribution < -0.4 is 0 Å². The van der Waals surface area contributed by atoms with E-state index in [9.17, 15) is 5.11 Å². The lowest BCUT2D eigenvalue weighted by Gasteiger charge is -2.04. The number of aliphatic hydroxyl groups excluding tert-OH is 1. The third-order valence-corrected chi connectivity index (χ3v) is 2.40. The van der Waals surface area contributed by atoms with E-state index in [2.05, 4.69) is 6.07 Å². The summed E-state index contributed by atoms with van der Waals surface area (Å²) in [6.07, 6.45) is 1.51. The third-order valence-electron chi connectivity index (χ3n) is 2.40. The Balaban J connectivity index is 2.27. The third kappa shape index (κ3) is 1.71. The fourth-order valence-electron chi connectivity index (χ4n) is 1.47. The summed E-state index contributed by atoms with van der Waals surface area (Å²) in [5.74, 6) is 0.672. The molecule has 0 aliphatic heterocycles. The van der Waals surface area contributed by atoms with Crippen LogP contribution in [0, 0.1) is 11.3 Å². The van der Waals surface area contributed by atoms with E-state index in [0.29, 0.717) is 11.5 Å². The molecule has 1 fully saturated rings. The van der Waals surface area contributed by atoms with Crippen LogP contribution in [0.4, 0.5) is 0 Å². The maximum Gasteiger partial charge on any atom is 0.165 e. The Hall–Kier alpha value is -1.33. The van der Waals surface area contributed by atoms with Gasteiger partial charge in [0.05, 0.1) is 6.07 Å². The molecule has 0 spiro atoms. The van der Waals surface area contributed by atoms with Crippen molar-refractivity contribution in [2.24, 2.45) is 0 Å². The average Bonchev–Trinajstić information content (AvgIpc) is 3.00. The van der Waals surface area contributed by atoms with E-state index in [1.54, 1.807) is 6.07 Å². The summed E-state index contributed by atoms with van der Waals surface area (Å²) in [6.45, 7) is 0. The highest BCUT2D eigenvalue weighted by molar-refractivity contribution is 5.31. The molecule has 1 N–H and O–H groups in total. The maximum absolute atomic E-state index is 9.29. The van der Waals surface area contributed by atoms with Crippen molar-refractivity contribution < 1.29 is 5.11 Å². The largest absolute Gasteiger partial charge is 0.374 e. The molecule has 0 bridgehead atoms. The van der Waals surface area contributed by atoms with Gasteiger partial charge in [0.1, 0.15) is 0 Å². The Bertz CT molecular complexity index is 349. The normalized spacial score (nSPS) is 17.8. The Morgan fingerprint density at radius 2 is 2.23 bits per heavy atom. The molecular weight excluding hydrogens is 162 g/mol. The Kier molecular flexibility index (Phi) is 2.03. The topological polar surface area (TPSA) is 44.0 Å². The first-order valence-corrected chi connectivity index (χ1v) is 4.49. The summed E-state index contributed by atoms with van der Waals surface area (Å²) in [6, 6.07) is 9.52. The fraction of sp³-hybridized carbons (Fsp3) is 0.364. The Morgan fingerprint density at radius 1 is 1.46 bits per heavy atom. The second-order valence-corrected chi connectivity index (χ2v) is 3.48. The summed E-state index contributed by atoms with van der Waals surface area (Å²) in [7, 11) is 0. The van der Waals surface area contributed by atoms with Crippen molar-refractivity contribution >= 4 is 0 Å². The van der Waals surface area contributed by atoms with Gasteiger partial charge in [0.2, 0.25) is 0 Å². The molecule has 1 unspecified atom stereocenters. The lowest BCUT2D eigenvalue weighted by molar-refractivity contribution is 0.236. The summed E-state index contributed by atoms with van der Waals surface area (Å²) < 4.78 is 0. The van der Waals surface area contributed by atoms with Crippen LogP contribution in [0.25, 0.3) is 0 Å². The second kappa shape index (κ2) is 3.20. The molecule has 2 rings (SSSR count). The number of nitrogens with zero attached hydrogens (tertiary/aromatic N) is 1. The standard InChI is InChI=1S/C11H11NO/c12-7-11(13)10-3-1-2-9(6-10)8-4-5-8/h1-3,6,8,11,13H,4-5H2. The minimum Gasteiger partial charge on any atom is -0.374 e. The molecule has 0 radical (unpaired) electrons. The zero-order valence-electron chi connectivity index (χ0n) is 7.27. The Morgan fingerprint density at radius 3 is 2.85 bits per heavy atom. The van der Waals surface area contributed by atoms with Gasteiger partial charge in [0.15, 0.2) is 6.10 Å². The smallest absolute Gasteiger partial charge is 0.165 e. The van der Waals surface area contributed by atoms with E-state index in [4.69, 9.17) is 5.26 Å². The van der Waals surface area contributed by atoms with Crippen LogP contribution in [-0.2, 0) is 0 Å². The zero-order valence-corrected chi connectivity index (χ0v) is 7.27. The van der Waals surface area contributed by atoms with Crippen molar-refractivity contribution in [1.82, 2.24) is 0 Å². The van der Waals surface area contributed by atoms with Crippen molar-refractivity contribution in [2.75, 3.05) is 0 Å². The minimum absolute atomic E-state index is 0.672. The highest BCUT2D eigenvalue weighted by Crippen LogP contribution is 2.40. The van der Waals surface area contributed by atoms with E-state index < -0.39 is 6.10 Å². The van der Waals surface area contributed by atoms with Gasteiger partial charge in [0, 0.05) is 0 Å². The summed E-state index contributed by atoms with van der Waals surface area (Å²) in [4.78, 5) is 0. The predicted octanol–water partition coefficient (Wildman–Crippen LogP) is 2.12. The van der Waals surface area contributed by atoms with E-state index in [1.165, 1.54) is 18.4 Å². The molecule has 1 aromatic carbocycles. The first-order valence-electron chi connectivity index (χ1n) is 4.49. The van der Waals surface area contributed by atoms with E-state index in [1.807, 2.05) is 18.2 Å². The maximum atomic E-state index is 9.29. The van der Waals surface area contributed by atoms with Crippen LogP contribution >= 0.6 is 0 Å². The molecule has 1 atom stereocenters. The van der Waals surface area contributed by atoms with Gasteiger partial charge in [0.25, 0.3) is 0 Å². The van der Waals surface area contributed by atoms with Gasteiger partial charge in [-0.25, -0.2) is 0 Å². The summed E-state index contributed by atoms with van der Waals surface area (Å²) in [5.41, 5.74) is 1.97. The molecule has 13 heavy (non-hydrogen) atoms. The fourth-order valence-corrected chi connectivity index (χ4v) is 1.47. The van der Waals surface area contributed by atoms with Crippen LogP contribution in [0.5, 0.6) is 0 Å². The lowest BCUT2D eigenvalue weighted by Crippen LogP contribution is -1.93. The number of rotatable bonds is 2. The molecule has 0 amide bonds. The van der Waals surface area contributed by atoms with Crippen molar-refractivity contribution in [3.63, 3.8) is 0 Å². The van der Waals surface area contributed by atoms with Crippen LogP contribution in [0.2, 0.25) is 0 Å². The number of hydrogen-bond donors (Lipinski definition) is 1. The van der Waals surface area contributed by atoms with E-state index in [0.717, 1.165) is 0 Å². The number of aliphatic hydroxyl groups is 1. The number of nitriles is 1. The van der Waals surface area contributed by atoms with Gasteiger partial charge in [-0.15, -0.1) is 0 Å². The molecule has 1 aromatic rings. The van der Waals surface area contributed by atoms with Crippen LogP contribution in [0.3, 0.4) is 0 Å². The molecule has 0 heterocycles. The number of hydrogen-bond acceptors (Lipinski definition) is 2. The molecule has 1 aliphatic rings. The molecule has 66 valence electrons. The molecular formula is C11H11NO. The first-order chi connectivity index (χ1) is 6.31. The minimum atomic E-state index is -0.973. The SMILES string of the molecule is N#CC(O)c1cccc(C2CC2)c1. The molecule has 2 nitrogen and oxygen atoms in total. The highest BCUT2D eigenvalue weighted by atomic mass is 16.3. The number of benzene rings is 1. The van der Waals surface area contributed by atoms with Gasteiger partial charge in [-0.1, -0.05) is 24.3 Å².